The maximum atomic E-state index is 12.8. The first-order chi connectivity index (χ1) is 13.9. The van der Waals surface area contributed by atoms with Gasteiger partial charge in [0.05, 0.1) is 0 Å². The molecule has 1 unspecified atom stereocenters. The minimum absolute atomic E-state index is 0.151. The number of fused-ring (bicyclic) bond motifs is 1. The zero-order valence-corrected chi connectivity index (χ0v) is 17.1. The minimum Gasteiger partial charge on any atom is -0.489 e. The Hall–Kier alpha value is -2.41. The fourth-order valence-electron chi connectivity index (χ4n) is 4.61. The number of likely N-dealkylation sites (tertiary alicyclic amines) is 1. The molecule has 2 atom stereocenters. The van der Waals surface area contributed by atoms with Crippen LogP contribution in [0.2, 0.25) is 0 Å². The number of carbonyl (C=O) groups is 3. The monoisotopic (exact) mass is 399 g/mol. The molecule has 2 saturated heterocycles. The van der Waals surface area contributed by atoms with Crippen molar-refractivity contribution < 1.29 is 19.1 Å². The highest BCUT2D eigenvalue weighted by Crippen LogP contribution is 2.31. The number of hydrogen-bond donors (Lipinski definition) is 1. The van der Waals surface area contributed by atoms with E-state index in [2.05, 4.69) is 24.1 Å². The Balaban J connectivity index is 1.42. The molecule has 3 aliphatic rings. The normalized spacial score (nSPS) is 25.3. The van der Waals surface area contributed by atoms with Crippen LogP contribution in [0, 0.1) is 5.92 Å². The van der Waals surface area contributed by atoms with Gasteiger partial charge in [0.25, 0.3) is 5.91 Å². The van der Waals surface area contributed by atoms with Gasteiger partial charge in [-0.15, -0.1) is 0 Å². The van der Waals surface area contributed by atoms with E-state index in [9.17, 15) is 14.4 Å². The number of imide groups is 1. The van der Waals surface area contributed by atoms with E-state index in [0.717, 1.165) is 43.8 Å². The van der Waals surface area contributed by atoms with Gasteiger partial charge in [-0.1, -0.05) is 13.8 Å². The van der Waals surface area contributed by atoms with Crippen molar-refractivity contribution in [3.63, 3.8) is 0 Å². The second-order valence-corrected chi connectivity index (χ2v) is 8.75. The van der Waals surface area contributed by atoms with Crippen LogP contribution in [0.5, 0.6) is 5.75 Å². The lowest BCUT2D eigenvalue weighted by atomic mass is 10.0. The number of benzene rings is 1. The zero-order valence-electron chi connectivity index (χ0n) is 17.1. The van der Waals surface area contributed by atoms with Gasteiger partial charge in [0.2, 0.25) is 11.8 Å². The second kappa shape index (κ2) is 8.14. The highest BCUT2D eigenvalue weighted by atomic mass is 16.5. The molecule has 1 aromatic carbocycles. The summed E-state index contributed by atoms with van der Waals surface area (Å²) in [6.45, 7) is 7.97. The quantitative estimate of drug-likeness (QED) is 0.766. The molecule has 2 fully saturated rings. The number of nitrogens with one attached hydrogen (secondary N) is 1. The summed E-state index contributed by atoms with van der Waals surface area (Å²) in [6.07, 6.45) is 2.96. The van der Waals surface area contributed by atoms with E-state index in [1.165, 1.54) is 0 Å². The SMILES string of the molecule is CC(C)CN1CCC[C@@H](Oc2ccc3c(c2)CN(C2CCC(=O)NC2=O)C3=O)C1. The number of nitrogens with zero attached hydrogens (tertiary/aromatic N) is 2. The fourth-order valence-corrected chi connectivity index (χ4v) is 4.61. The number of rotatable bonds is 5. The third-order valence-electron chi connectivity index (χ3n) is 5.88. The summed E-state index contributed by atoms with van der Waals surface area (Å²) in [5, 5.41) is 2.34. The van der Waals surface area contributed by atoms with Crippen LogP contribution in [-0.2, 0) is 16.1 Å². The number of carbonyl (C=O) groups excluding carboxylic acids is 3. The van der Waals surface area contributed by atoms with Gasteiger partial charge < -0.3 is 9.64 Å². The van der Waals surface area contributed by atoms with Crippen LogP contribution in [-0.4, -0.2) is 59.3 Å². The lowest BCUT2D eigenvalue weighted by Crippen LogP contribution is -2.52. The maximum Gasteiger partial charge on any atom is 0.255 e. The van der Waals surface area contributed by atoms with Crippen LogP contribution in [0.3, 0.4) is 0 Å². The van der Waals surface area contributed by atoms with Crippen LogP contribution < -0.4 is 10.1 Å². The summed E-state index contributed by atoms with van der Waals surface area (Å²) in [5.74, 6) is 0.606. The number of piperidine rings is 2. The first kappa shape index (κ1) is 19.9. The smallest absolute Gasteiger partial charge is 0.255 e. The molecular formula is C22H29N3O4. The molecule has 0 aliphatic carbocycles. The summed E-state index contributed by atoms with van der Waals surface area (Å²) in [5.41, 5.74) is 1.50. The lowest BCUT2D eigenvalue weighted by molar-refractivity contribution is -0.136. The molecule has 4 rings (SSSR count). The van der Waals surface area contributed by atoms with E-state index in [-0.39, 0.29) is 30.2 Å². The second-order valence-electron chi connectivity index (χ2n) is 8.75. The number of ether oxygens (including phenoxy) is 1. The van der Waals surface area contributed by atoms with Crippen molar-refractivity contribution in [2.45, 2.75) is 58.2 Å². The van der Waals surface area contributed by atoms with Crippen molar-refractivity contribution in [2.75, 3.05) is 19.6 Å². The Morgan fingerprint density at radius 2 is 2.03 bits per heavy atom. The third kappa shape index (κ3) is 4.29. The molecule has 3 amide bonds. The molecule has 0 radical (unpaired) electrons. The summed E-state index contributed by atoms with van der Waals surface area (Å²) < 4.78 is 6.25. The largest absolute Gasteiger partial charge is 0.489 e. The Morgan fingerprint density at radius 3 is 2.79 bits per heavy atom. The topological polar surface area (TPSA) is 79.0 Å². The van der Waals surface area contributed by atoms with Crippen molar-refractivity contribution in [1.82, 2.24) is 15.1 Å². The molecule has 0 bridgehead atoms. The summed E-state index contributed by atoms with van der Waals surface area (Å²) in [6, 6.07) is 5.00. The van der Waals surface area contributed by atoms with Crippen molar-refractivity contribution in [2.24, 2.45) is 5.92 Å². The van der Waals surface area contributed by atoms with Crippen LogP contribution in [0.25, 0.3) is 0 Å². The molecule has 29 heavy (non-hydrogen) atoms. The van der Waals surface area contributed by atoms with Gasteiger partial charge in [-0.05, 0) is 55.5 Å². The van der Waals surface area contributed by atoms with E-state index in [4.69, 9.17) is 4.74 Å². The van der Waals surface area contributed by atoms with E-state index in [1.807, 2.05) is 12.1 Å². The molecule has 0 spiro atoms. The fraction of sp³-hybridized carbons (Fsp3) is 0.591. The Labute approximate surface area is 171 Å². The molecule has 0 aromatic heterocycles. The maximum absolute atomic E-state index is 12.8. The van der Waals surface area contributed by atoms with Gasteiger partial charge in [-0.25, -0.2) is 0 Å². The van der Waals surface area contributed by atoms with Gasteiger partial charge in [0, 0.05) is 31.6 Å². The van der Waals surface area contributed by atoms with Crippen molar-refractivity contribution >= 4 is 17.7 Å². The Bertz CT molecular complexity index is 822. The molecule has 0 saturated carbocycles. The average molecular weight is 399 g/mol. The van der Waals surface area contributed by atoms with Gasteiger partial charge in [-0.2, -0.15) is 0 Å². The van der Waals surface area contributed by atoms with Crippen molar-refractivity contribution in [3.8, 4) is 5.75 Å². The first-order valence-electron chi connectivity index (χ1n) is 10.6. The summed E-state index contributed by atoms with van der Waals surface area (Å²) >= 11 is 0. The van der Waals surface area contributed by atoms with Crippen LogP contribution in [0.4, 0.5) is 0 Å². The molecule has 3 heterocycles. The predicted octanol–water partition coefficient (Wildman–Crippen LogP) is 1.95. The third-order valence-corrected chi connectivity index (χ3v) is 5.88. The molecule has 3 aliphatic heterocycles. The molecule has 1 N–H and O–H groups in total. The molecule has 1 aromatic rings. The predicted molar refractivity (Wildman–Crippen MR) is 107 cm³/mol. The number of amides is 3. The van der Waals surface area contributed by atoms with Crippen LogP contribution in [0.1, 0.15) is 55.5 Å². The van der Waals surface area contributed by atoms with Crippen molar-refractivity contribution in [1.29, 1.82) is 0 Å². The van der Waals surface area contributed by atoms with Gasteiger partial charge >= 0.3 is 0 Å². The molecular weight excluding hydrogens is 370 g/mol. The molecule has 156 valence electrons. The highest BCUT2D eigenvalue weighted by molar-refractivity contribution is 6.05. The Kier molecular flexibility index (Phi) is 5.58. The van der Waals surface area contributed by atoms with Gasteiger partial charge in [-0.3, -0.25) is 24.6 Å². The lowest BCUT2D eigenvalue weighted by Gasteiger charge is -2.33. The summed E-state index contributed by atoms with van der Waals surface area (Å²) in [7, 11) is 0. The minimum atomic E-state index is -0.583. The average Bonchev–Trinajstić information content (AvgIpc) is 2.97. The Morgan fingerprint density at radius 1 is 1.21 bits per heavy atom. The van der Waals surface area contributed by atoms with E-state index in [0.29, 0.717) is 24.4 Å². The molecule has 7 heteroatoms. The standard InChI is InChI=1S/C22H29N3O4/c1-14(2)11-24-9-3-4-17(13-24)29-16-5-6-18-15(10-16)12-25(22(18)28)19-7-8-20(26)23-21(19)27/h5-6,10,14,17,19H,3-4,7-9,11-13H2,1-2H3,(H,23,26,27)/t17-,19?/m1/s1. The van der Waals surface area contributed by atoms with E-state index in [1.54, 1.807) is 11.0 Å². The van der Waals surface area contributed by atoms with Crippen molar-refractivity contribution in [3.05, 3.63) is 29.3 Å². The van der Waals surface area contributed by atoms with E-state index >= 15 is 0 Å². The van der Waals surface area contributed by atoms with Crippen LogP contribution >= 0.6 is 0 Å². The van der Waals surface area contributed by atoms with Crippen LogP contribution in [0.15, 0.2) is 18.2 Å². The van der Waals surface area contributed by atoms with E-state index < -0.39 is 6.04 Å². The molecule has 7 nitrogen and oxygen atoms in total. The zero-order chi connectivity index (χ0) is 20.5. The number of hydrogen-bond acceptors (Lipinski definition) is 5. The summed E-state index contributed by atoms with van der Waals surface area (Å²) in [4.78, 5) is 40.4. The first-order valence-corrected chi connectivity index (χ1v) is 10.6. The highest BCUT2D eigenvalue weighted by Gasteiger charge is 2.39. The van der Waals surface area contributed by atoms with Gasteiger partial charge in [0.1, 0.15) is 17.9 Å². The van der Waals surface area contributed by atoms with Gasteiger partial charge in [0.15, 0.2) is 0 Å².